The number of aromatic nitrogens is 2. The van der Waals surface area contributed by atoms with Crippen LogP contribution in [0.25, 0.3) is 5.65 Å². The number of hydrogen-bond donors (Lipinski definition) is 0. The van der Waals surface area contributed by atoms with Crippen LogP contribution in [0.15, 0.2) is 24.5 Å². The summed E-state index contributed by atoms with van der Waals surface area (Å²) in [4.78, 5) is 17.8. The lowest BCUT2D eigenvalue weighted by molar-refractivity contribution is -0.140. The summed E-state index contributed by atoms with van der Waals surface area (Å²) in [7, 11) is 3.46. The van der Waals surface area contributed by atoms with Crippen LogP contribution in [0.3, 0.4) is 0 Å². The average Bonchev–Trinajstić information content (AvgIpc) is 2.79. The summed E-state index contributed by atoms with van der Waals surface area (Å²) >= 11 is 0. The number of ether oxygens (including phenoxy) is 1. The van der Waals surface area contributed by atoms with E-state index in [0.717, 1.165) is 30.9 Å². The maximum Gasteiger partial charge on any atom is 0.305 e. The lowest BCUT2D eigenvalue weighted by atomic mass is 10.3. The summed E-state index contributed by atoms with van der Waals surface area (Å²) in [5.74, 6) is -0.151. The highest BCUT2D eigenvalue weighted by Crippen LogP contribution is 2.09. The molecule has 0 N–H and O–H groups in total. The molecule has 0 amide bonds. The first-order valence-corrected chi connectivity index (χ1v) is 6.78. The first kappa shape index (κ1) is 14.5. The summed E-state index contributed by atoms with van der Waals surface area (Å²) in [5, 5.41) is 0. The van der Waals surface area contributed by atoms with E-state index in [2.05, 4.69) is 40.0 Å². The molecule has 20 heavy (non-hydrogen) atoms. The molecular formula is C15H21N3O2. The normalized spacial score (nSPS) is 11.2. The first-order valence-electron chi connectivity index (χ1n) is 6.78. The zero-order chi connectivity index (χ0) is 14.5. The minimum atomic E-state index is -0.151. The zero-order valence-corrected chi connectivity index (χ0v) is 12.3. The Morgan fingerprint density at radius 3 is 2.95 bits per heavy atom. The van der Waals surface area contributed by atoms with Crippen molar-refractivity contribution in [3.8, 4) is 0 Å². The van der Waals surface area contributed by atoms with Crippen LogP contribution in [-0.2, 0) is 16.1 Å². The van der Waals surface area contributed by atoms with E-state index < -0.39 is 0 Å². The van der Waals surface area contributed by atoms with Crippen molar-refractivity contribution in [1.29, 1.82) is 0 Å². The number of nitrogens with zero attached hydrogens (tertiary/aromatic N) is 3. The van der Waals surface area contributed by atoms with Gasteiger partial charge in [-0.2, -0.15) is 0 Å². The minimum absolute atomic E-state index is 0.151. The number of carbonyl (C=O) groups excluding carboxylic acids is 1. The van der Waals surface area contributed by atoms with E-state index in [-0.39, 0.29) is 5.97 Å². The van der Waals surface area contributed by atoms with E-state index in [1.807, 2.05) is 17.5 Å². The second kappa shape index (κ2) is 6.52. The molecule has 2 aromatic heterocycles. The highest BCUT2D eigenvalue weighted by Gasteiger charge is 2.06. The quantitative estimate of drug-likeness (QED) is 0.757. The molecule has 0 aromatic carbocycles. The van der Waals surface area contributed by atoms with Crippen molar-refractivity contribution in [3.63, 3.8) is 0 Å². The van der Waals surface area contributed by atoms with E-state index in [4.69, 9.17) is 0 Å². The van der Waals surface area contributed by atoms with Gasteiger partial charge >= 0.3 is 5.97 Å². The molecule has 0 aliphatic carbocycles. The molecule has 0 atom stereocenters. The second-order valence-electron chi connectivity index (χ2n) is 5.12. The van der Waals surface area contributed by atoms with Crippen LogP contribution in [0.2, 0.25) is 0 Å². The Balaban J connectivity index is 1.89. The molecule has 108 valence electrons. The Morgan fingerprint density at radius 1 is 1.40 bits per heavy atom. The number of rotatable bonds is 6. The molecule has 0 bridgehead atoms. The summed E-state index contributed by atoms with van der Waals surface area (Å²) in [6.07, 6.45) is 5.39. The molecule has 2 aromatic rings. The smallest absolute Gasteiger partial charge is 0.305 e. The summed E-state index contributed by atoms with van der Waals surface area (Å²) in [6, 6.07) is 4.09. The number of pyridine rings is 1. The maximum absolute atomic E-state index is 11.0. The van der Waals surface area contributed by atoms with Crippen molar-refractivity contribution in [2.75, 3.05) is 20.7 Å². The molecule has 5 heteroatoms. The van der Waals surface area contributed by atoms with E-state index in [1.54, 1.807) is 0 Å². The molecule has 0 radical (unpaired) electrons. The van der Waals surface area contributed by atoms with Crippen molar-refractivity contribution in [2.45, 2.75) is 26.3 Å². The largest absolute Gasteiger partial charge is 0.469 e. The molecule has 0 aliphatic heterocycles. The molecular weight excluding hydrogens is 254 g/mol. The molecule has 2 heterocycles. The zero-order valence-electron chi connectivity index (χ0n) is 12.3. The predicted octanol–water partition coefficient (Wildman–Crippen LogP) is 2.03. The highest BCUT2D eigenvalue weighted by molar-refractivity contribution is 5.69. The van der Waals surface area contributed by atoms with E-state index in [1.165, 1.54) is 12.7 Å². The van der Waals surface area contributed by atoms with E-state index in [0.29, 0.717) is 6.42 Å². The van der Waals surface area contributed by atoms with Gasteiger partial charge in [0.15, 0.2) is 0 Å². The number of hydrogen-bond acceptors (Lipinski definition) is 4. The van der Waals surface area contributed by atoms with Crippen molar-refractivity contribution >= 4 is 11.6 Å². The summed E-state index contributed by atoms with van der Waals surface area (Å²) in [6.45, 7) is 3.70. The molecule has 0 saturated heterocycles. The van der Waals surface area contributed by atoms with Gasteiger partial charge < -0.3 is 14.0 Å². The van der Waals surface area contributed by atoms with Gasteiger partial charge in [0.05, 0.1) is 12.8 Å². The van der Waals surface area contributed by atoms with Crippen LogP contribution >= 0.6 is 0 Å². The molecule has 2 rings (SSSR count). The molecule has 0 fully saturated rings. The fourth-order valence-corrected chi connectivity index (χ4v) is 2.18. The Morgan fingerprint density at radius 2 is 2.20 bits per heavy atom. The molecule has 5 nitrogen and oxygen atoms in total. The van der Waals surface area contributed by atoms with Gasteiger partial charge in [0.25, 0.3) is 0 Å². The monoisotopic (exact) mass is 275 g/mol. The number of imidazole rings is 1. The van der Waals surface area contributed by atoms with Gasteiger partial charge in [-0.15, -0.1) is 0 Å². The van der Waals surface area contributed by atoms with Crippen LogP contribution in [0.5, 0.6) is 0 Å². The van der Waals surface area contributed by atoms with Crippen molar-refractivity contribution in [3.05, 3.63) is 35.8 Å². The van der Waals surface area contributed by atoms with Gasteiger partial charge in [-0.1, -0.05) is 6.07 Å². The third-order valence-electron chi connectivity index (χ3n) is 3.23. The Labute approximate surface area is 119 Å². The Bertz CT molecular complexity index is 592. The van der Waals surface area contributed by atoms with Gasteiger partial charge in [0.2, 0.25) is 0 Å². The minimum Gasteiger partial charge on any atom is -0.469 e. The standard InChI is InChI=1S/C15H21N3O2/c1-12-6-7-14-16-13(11-18(14)9-12)10-17(2)8-4-5-15(19)20-3/h6-7,9,11H,4-5,8,10H2,1-3H3. The van der Waals surface area contributed by atoms with Crippen LogP contribution in [-0.4, -0.2) is 41.0 Å². The van der Waals surface area contributed by atoms with Crippen molar-refractivity contribution in [1.82, 2.24) is 14.3 Å². The van der Waals surface area contributed by atoms with Gasteiger partial charge in [-0.3, -0.25) is 4.79 Å². The number of carbonyl (C=O) groups is 1. The van der Waals surface area contributed by atoms with E-state index >= 15 is 0 Å². The number of esters is 1. The van der Waals surface area contributed by atoms with Gasteiger partial charge in [0.1, 0.15) is 5.65 Å². The number of aryl methyl sites for hydroxylation is 1. The summed E-state index contributed by atoms with van der Waals surface area (Å²) < 4.78 is 6.68. The lowest BCUT2D eigenvalue weighted by Crippen LogP contribution is -2.20. The van der Waals surface area contributed by atoms with Crippen molar-refractivity contribution in [2.24, 2.45) is 0 Å². The maximum atomic E-state index is 11.0. The fraction of sp³-hybridized carbons (Fsp3) is 0.467. The van der Waals surface area contributed by atoms with Crippen LogP contribution in [0.4, 0.5) is 0 Å². The molecule has 0 spiro atoms. The molecule has 0 unspecified atom stereocenters. The molecule has 0 aliphatic rings. The van der Waals surface area contributed by atoms with E-state index in [9.17, 15) is 4.79 Å². The Hall–Kier alpha value is -1.88. The highest BCUT2D eigenvalue weighted by atomic mass is 16.5. The van der Waals surface area contributed by atoms with Gasteiger partial charge in [0, 0.05) is 25.4 Å². The number of fused-ring (bicyclic) bond motifs is 1. The first-order chi connectivity index (χ1) is 9.58. The van der Waals surface area contributed by atoms with Gasteiger partial charge in [-0.05, 0) is 38.6 Å². The van der Waals surface area contributed by atoms with Crippen LogP contribution in [0.1, 0.15) is 24.1 Å². The van der Waals surface area contributed by atoms with Gasteiger partial charge in [-0.25, -0.2) is 4.98 Å². The molecule has 0 saturated carbocycles. The number of methoxy groups -OCH3 is 1. The Kier molecular flexibility index (Phi) is 4.74. The average molecular weight is 275 g/mol. The topological polar surface area (TPSA) is 46.8 Å². The third-order valence-corrected chi connectivity index (χ3v) is 3.23. The summed E-state index contributed by atoms with van der Waals surface area (Å²) in [5.41, 5.74) is 3.22. The predicted molar refractivity (Wildman–Crippen MR) is 77.5 cm³/mol. The lowest BCUT2D eigenvalue weighted by Gasteiger charge is -2.14. The van der Waals surface area contributed by atoms with Crippen LogP contribution in [0, 0.1) is 6.92 Å². The van der Waals surface area contributed by atoms with Crippen molar-refractivity contribution < 1.29 is 9.53 Å². The second-order valence-corrected chi connectivity index (χ2v) is 5.12. The van der Waals surface area contributed by atoms with Crippen LogP contribution < -0.4 is 0 Å². The third kappa shape index (κ3) is 3.81. The SMILES string of the molecule is COC(=O)CCCN(C)Cc1cn2cc(C)ccc2n1. The fourth-order valence-electron chi connectivity index (χ4n) is 2.18.